The number of carbonyl (C=O) groups excluding carboxylic acids is 1. The molecule has 5 nitrogen and oxygen atoms in total. The molecular weight excluding hydrogens is 275 g/mol. The maximum Gasteiger partial charge on any atom is 0.414 e. The molecule has 2 atom stereocenters. The normalized spacial score (nSPS) is 22.1. The SMILES string of the molecule is O=C1OCCN1c1ccc(OCC2CCNC2)c(P)c1. The minimum atomic E-state index is -0.278. The summed E-state index contributed by atoms with van der Waals surface area (Å²) in [7, 11) is 2.67. The minimum Gasteiger partial charge on any atom is -0.493 e. The molecule has 0 bridgehead atoms. The fourth-order valence-electron chi connectivity index (χ4n) is 2.53. The number of ether oxygens (including phenoxy) is 2. The van der Waals surface area contributed by atoms with Gasteiger partial charge in [0.05, 0.1) is 13.2 Å². The number of rotatable bonds is 4. The van der Waals surface area contributed by atoms with Gasteiger partial charge in [0, 0.05) is 23.5 Å². The molecule has 1 amide bonds. The number of hydrogen-bond acceptors (Lipinski definition) is 4. The standard InChI is InChI=1S/C14H19N2O3P/c17-14-16(5-6-18-14)11-1-2-12(13(20)7-11)19-9-10-3-4-15-8-10/h1-2,7,10,15H,3-6,8-9,20H2. The first-order valence-corrected chi connectivity index (χ1v) is 7.49. The summed E-state index contributed by atoms with van der Waals surface area (Å²) in [6.45, 7) is 3.91. The highest BCUT2D eigenvalue weighted by molar-refractivity contribution is 7.27. The van der Waals surface area contributed by atoms with Crippen LogP contribution in [-0.4, -0.2) is 38.9 Å². The lowest BCUT2D eigenvalue weighted by Gasteiger charge is -2.16. The zero-order valence-electron chi connectivity index (χ0n) is 11.3. The Bertz CT molecular complexity index is 503. The topological polar surface area (TPSA) is 50.8 Å². The number of anilines is 1. The number of carbonyl (C=O) groups is 1. The molecule has 2 unspecified atom stereocenters. The Hall–Kier alpha value is -1.32. The van der Waals surface area contributed by atoms with Crippen LogP contribution in [0.4, 0.5) is 10.5 Å². The molecule has 0 aromatic heterocycles. The van der Waals surface area contributed by atoms with Crippen molar-refractivity contribution in [2.24, 2.45) is 5.92 Å². The molecule has 1 N–H and O–H groups in total. The monoisotopic (exact) mass is 294 g/mol. The predicted octanol–water partition coefficient (Wildman–Crippen LogP) is 1.13. The molecule has 1 aromatic carbocycles. The summed E-state index contributed by atoms with van der Waals surface area (Å²) in [5.41, 5.74) is 0.854. The van der Waals surface area contributed by atoms with Crippen molar-refractivity contribution in [3.05, 3.63) is 18.2 Å². The van der Waals surface area contributed by atoms with Gasteiger partial charge in [0.2, 0.25) is 0 Å². The average Bonchev–Trinajstić information content (AvgIpc) is 3.08. The van der Waals surface area contributed by atoms with Crippen LogP contribution in [0.5, 0.6) is 5.75 Å². The van der Waals surface area contributed by atoms with Crippen LogP contribution in [0.2, 0.25) is 0 Å². The summed E-state index contributed by atoms with van der Waals surface area (Å²) < 4.78 is 10.8. The van der Waals surface area contributed by atoms with Crippen LogP contribution >= 0.6 is 9.24 Å². The predicted molar refractivity (Wildman–Crippen MR) is 81.0 cm³/mol. The van der Waals surface area contributed by atoms with Gasteiger partial charge >= 0.3 is 6.09 Å². The molecule has 0 aliphatic carbocycles. The maximum atomic E-state index is 11.5. The fourth-order valence-corrected chi connectivity index (χ4v) is 2.88. The molecule has 108 valence electrons. The Morgan fingerprint density at radius 2 is 2.40 bits per heavy atom. The van der Waals surface area contributed by atoms with E-state index in [4.69, 9.17) is 9.47 Å². The Morgan fingerprint density at radius 3 is 3.05 bits per heavy atom. The molecule has 3 rings (SSSR count). The number of nitrogens with zero attached hydrogens (tertiary/aromatic N) is 1. The first-order valence-electron chi connectivity index (χ1n) is 6.91. The minimum absolute atomic E-state index is 0.278. The van der Waals surface area contributed by atoms with Crippen molar-refractivity contribution in [2.75, 3.05) is 37.7 Å². The van der Waals surface area contributed by atoms with E-state index in [-0.39, 0.29) is 6.09 Å². The van der Waals surface area contributed by atoms with E-state index in [0.29, 0.717) is 19.1 Å². The smallest absolute Gasteiger partial charge is 0.414 e. The Morgan fingerprint density at radius 1 is 1.50 bits per heavy atom. The van der Waals surface area contributed by atoms with Gasteiger partial charge < -0.3 is 14.8 Å². The maximum absolute atomic E-state index is 11.5. The Labute approximate surface area is 120 Å². The molecule has 1 aromatic rings. The zero-order chi connectivity index (χ0) is 13.9. The Balaban J connectivity index is 1.65. The van der Waals surface area contributed by atoms with Crippen molar-refractivity contribution >= 4 is 26.3 Å². The Kier molecular flexibility index (Phi) is 4.08. The molecule has 2 aliphatic heterocycles. The number of nitrogens with one attached hydrogen (secondary N) is 1. The molecule has 2 fully saturated rings. The molecule has 2 aliphatic rings. The van der Waals surface area contributed by atoms with Gasteiger partial charge in [0.15, 0.2) is 0 Å². The molecule has 2 saturated heterocycles. The van der Waals surface area contributed by atoms with E-state index in [1.54, 1.807) is 4.90 Å². The molecular formula is C14H19N2O3P. The third-order valence-electron chi connectivity index (χ3n) is 3.70. The van der Waals surface area contributed by atoms with Crippen molar-refractivity contribution < 1.29 is 14.3 Å². The second-order valence-corrected chi connectivity index (χ2v) is 5.78. The van der Waals surface area contributed by atoms with Gasteiger partial charge in [0.25, 0.3) is 0 Å². The number of benzene rings is 1. The first kappa shape index (κ1) is 13.7. The first-order chi connectivity index (χ1) is 9.74. The summed E-state index contributed by atoms with van der Waals surface area (Å²) in [6.07, 6.45) is 0.893. The average molecular weight is 294 g/mol. The molecule has 0 radical (unpaired) electrons. The van der Waals surface area contributed by atoms with Crippen LogP contribution < -0.4 is 20.3 Å². The summed E-state index contributed by atoms with van der Waals surface area (Å²) in [5.74, 6) is 1.45. The molecule has 0 saturated carbocycles. The lowest BCUT2D eigenvalue weighted by atomic mass is 10.1. The lowest BCUT2D eigenvalue weighted by molar-refractivity contribution is 0.181. The van der Waals surface area contributed by atoms with Gasteiger partial charge in [-0.25, -0.2) is 4.79 Å². The number of amides is 1. The van der Waals surface area contributed by atoms with E-state index in [2.05, 4.69) is 14.6 Å². The van der Waals surface area contributed by atoms with Gasteiger partial charge in [-0.1, -0.05) is 0 Å². The van der Waals surface area contributed by atoms with Gasteiger partial charge in [-0.2, -0.15) is 0 Å². The fraction of sp³-hybridized carbons (Fsp3) is 0.500. The van der Waals surface area contributed by atoms with E-state index in [0.717, 1.165) is 36.4 Å². The van der Waals surface area contributed by atoms with Gasteiger partial charge in [-0.15, -0.1) is 9.24 Å². The molecule has 6 heteroatoms. The lowest BCUT2D eigenvalue weighted by Crippen LogP contribution is -2.24. The summed E-state index contributed by atoms with van der Waals surface area (Å²) in [4.78, 5) is 13.2. The highest BCUT2D eigenvalue weighted by Crippen LogP contribution is 2.23. The van der Waals surface area contributed by atoms with Gasteiger partial charge in [-0.05, 0) is 31.2 Å². The van der Waals surface area contributed by atoms with Crippen molar-refractivity contribution in [2.45, 2.75) is 6.42 Å². The number of cyclic esters (lactones) is 1. The van der Waals surface area contributed by atoms with Crippen LogP contribution in [-0.2, 0) is 4.74 Å². The third-order valence-corrected chi connectivity index (χ3v) is 4.15. The van der Waals surface area contributed by atoms with Crippen LogP contribution in [0, 0.1) is 5.92 Å². The molecule has 0 spiro atoms. The highest BCUT2D eigenvalue weighted by atomic mass is 31.0. The van der Waals surface area contributed by atoms with Crippen molar-refractivity contribution in [3.63, 3.8) is 0 Å². The highest BCUT2D eigenvalue weighted by Gasteiger charge is 2.24. The van der Waals surface area contributed by atoms with Crippen molar-refractivity contribution in [1.29, 1.82) is 0 Å². The van der Waals surface area contributed by atoms with Crippen molar-refractivity contribution in [3.8, 4) is 5.75 Å². The van der Waals surface area contributed by atoms with E-state index in [1.807, 2.05) is 18.2 Å². The number of hydrogen-bond donors (Lipinski definition) is 1. The van der Waals surface area contributed by atoms with Crippen LogP contribution in [0.3, 0.4) is 0 Å². The second-order valence-electron chi connectivity index (χ2n) is 5.16. The van der Waals surface area contributed by atoms with Crippen LogP contribution in [0.1, 0.15) is 6.42 Å². The van der Waals surface area contributed by atoms with Gasteiger partial charge in [0.1, 0.15) is 12.4 Å². The molecule has 2 heterocycles. The summed E-state index contributed by atoms with van der Waals surface area (Å²) in [5, 5.41) is 4.30. The zero-order valence-corrected chi connectivity index (χ0v) is 12.5. The van der Waals surface area contributed by atoms with E-state index >= 15 is 0 Å². The van der Waals surface area contributed by atoms with Crippen molar-refractivity contribution in [1.82, 2.24) is 5.32 Å². The largest absolute Gasteiger partial charge is 0.493 e. The van der Waals surface area contributed by atoms with Crippen LogP contribution in [0.15, 0.2) is 18.2 Å². The van der Waals surface area contributed by atoms with E-state index in [9.17, 15) is 4.79 Å². The van der Waals surface area contributed by atoms with E-state index in [1.165, 1.54) is 6.42 Å². The second kappa shape index (κ2) is 5.98. The molecule has 20 heavy (non-hydrogen) atoms. The van der Waals surface area contributed by atoms with Gasteiger partial charge in [-0.3, -0.25) is 4.90 Å². The third kappa shape index (κ3) is 2.89. The van der Waals surface area contributed by atoms with Crippen LogP contribution in [0.25, 0.3) is 0 Å². The quantitative estimate of drug-likeness (QED) is 0.846. The van der Waals surface area contributed by atoms with E-state index < -0.39 is 0 Å². The summed E-state index contributed by atoms with van der Waals surface area (Å²) >= 11 is 0. The summed E-state index contributed by atoms with van der Waals surface area (Å²) in [6, 6.07) is 5.77.